The first-order chi connectivity index (χ1) is 13.4. The number of aromatic nitrogens is 3. The van der Waals surface area contributed by atoms with Gasteiger partial charge in [0.15, 0.2) is 5.82 Å². The zero-order valence-corrected chi connectivity index (χ0v) is 15.3. The van der Waals surface area contributed by atoms with Gasteiger partial charge in [0.1, 0.15) is 41.7 Å². The van der Waals surface area contributed by atoms with E-state index in [1.54, 1.807) is 13.0 Å². The monoisotopic (exact) mass is 384 g/mol. The van der Waals surface area contributed by atoms with E-state index in [1.807, 2.05) is 13.0 Å². The number of aromatic amines is 1. The predicted molar refractivity (Wildman–Crippen MR) is 101 cm³/mol. The Morgan fingerprint density at radius 1 is 1.11 bits per heavy atom. The van der Waals surface area contributed by atoms with Crippen LogP contribution in [-0.2, 0) is 0 Å². The minimum Gasteiger partial charge on any atom is -0.492 e. The number of rotatable bonds is 7. The highest BCUT2D eigenvalue weighted by molar-refractivity contribution is 5.63. The fourth-order valence-corrected chi connectivity index (χ4v) is 2.57. The molecule has 3 rings (SSSR count). The quantitative estimate of drug-likeness (QED) is 0.536. The van der Waals surface area contributed by atoms with Gasteiger partial charge < -0.3 is 15.4 Å². The van der Waals surface area contributed by atoms with Crippen LogP contribution < -0.4 is 15.4 Å². The summed E-state index contributed by atoms with van der Waals surface area (Å²) in [4.78, 5) is 4.41. The highest BCUT2D eigenvalue weighted by Gasteiger charge is 2.11. The average molecular weight is 384 g/mol. The Hall–Kier alpha value is -3.67. The van der Waals surface area contributed by atoms with Gasteiger partial charge in [-0.15, -0.1) is 0 Å². The maximum Gasteiger partial charge on any atom is 0.153 e. The smallest absolute Gasteiger partial charge is 0.153 e. The van der Waals surface area contributed by atoms with Crippen LogP contribution in [0.5, 0.6) is 5.75 Å². The molecule has 0 amide bonds. The molecule has 0 atom stereocenters. The van der Waals surface area contributed by atoms with E-state index < -0.39 is 11.6 Å². The minimum absolute atomic E-state index is 0.0910. The number of hydrogen-bond acceptors (Lipinski definition) is 6. The topological polar surface area (TPSA) is 98.7 Å². The van der Waals surface area contributed by atoms with Gasteiger partial charge >= 0.3 is 0 Å². The number of anilines is 3. The molecule has 0 aliphatic rings. The van der Waals surface area contributed by atoms with Gasteiger partial charge in [0.05, 0.1) is 12.1 Å². The number of ether oxygens (including phenoxy) is 1. The highest BCUT2D eigenvalue weighted by atomic mass is 19.1. The van der Waals surface area contributed by atoms with Gasteiger partial charge in [0, 0.05) is 30.0 Å². The molecule has 0 unspecified atom stereocenters. The standard InChI is InChI=1S/C19H18F2N6O/c1-11-5-17(24-18-6-12(2)26-27-18)25-19(16(11)10-22)23-3-4-28-15-8-13(20)7-14(21)9-15/h5-9H,3-4H2,1-2H3,(H3,23,24,25,26,27). The molecule has 7 nitrogen and oxygen atoms in total. The molecule has 0 saturated carbocycles. The van der Waals surface area contributed by atoms with Crippen molar-refractivity contribution in [1.29, 1.82) is 5.26 Å². The Kier molecular flexibility index (Phi) is 5.69. The molecule has 0 fully saturated rings. The van der Waals surface area contributed by atoms with Crippen molar-refractivity contribution in [2.45, 2.75) is 13.8 Å². The molecule has 0 aliphatic heterocycles. The summed E-state index contributed by atoms with van der Waals surface area (Å²) in [6.45, 7) is 4.10. The van der Waals surface area contributed by atoms with Crippen molar-refractivity contribution >= 4 is 17.5 Å². The summed E-state index contributed by atoms with van der Waals surface area (Å²) in [5.74, 6) is 0.188. The Labute approximate surface area is 160 Å². The van der Waals surface area contributed by atoms with E-state index in [4.69, 9.17) is 4.74 Å². The van der Waals surface area contributed by atoms with E-state index >= 15 is 0 Å². The van der Waals surface area contributed by atoms with E-state index in [9.17, 15) is 14.0 Å². The maximum absolute atomic E-state index is 13.2. The molecule has 3 aromatic rings. The third kappa shape index (κ3) is 4.73. The fourth-order valence-electron chi connectivity index (χ4n) is 2.57. The van der Waals surface area contributed by atoms with Crippen molar-refractivity contribution in [3.05, 3.63) is 58.8 Å². The first-order valence-corrected chi connectivity index (χ1v) is 8.48. The molecule has 28 heavy (non-hydrogen) atoms. The Bertz CT molecular complexity index is 1010. The number of nitriles is 1. The molecular formula is C19H18F2N6O. The van der Waals surface area contributed by atoms with Crippen molar-refractivity contribution in [3.8, 4) is 11.8 Å². The van der Waals surface area contributed by atoms with Crippen LogP contribution in [-0.4, -0.2) is 28.3 Å². The van der Waals surface area contributed by atoms with Crippen LogP contribution >= 0.6 is 0 Å². The Morgan fingerprint density at radius 3 is 2.50 bits per heavy atom. The number of nitrogens with zero attached hydrogens (tertiary/aromatic N) is 3. The molecule has 144 valence electrons. The second-order valence-electron chi connectivity index (χ2n) is 6.10. The van der Waals surface area contributed by atoms with Crippen LogP contribution in [0.25, 0.3) is 0 Å². The number of aryl methyl sites for hydroxylation is 2. The van der Waals surface area contributed by atoms with Gasteiger partial charge in [-0.25, -0.2) is 13.8 Å². The third-order valence-corrected chi connectivity index (χ3v) is 3.79. The largest absolute Gasteiger partial charge is 0.492 e. The van der Waals surface area contributed by atoms with Crippen LogP contribution in [0.3, 0.4) is 0 Å². The normalized spacial score (nSPS) is 10.4. The molecule has 0 radical (unpaired) electrons. The summed E-state index contributed by atoms with van der Waals surface area (Å²) in [5, 5.41) is 22.4. The van der Waals surface area contributed by atoms with Crippen molar-refractivity contribution in [2.24, 2.45) is 0 Å². The molecule has 0 spiro atoms. The molecule has 0 bridgehead atoms. The lowest BCUT2D eigenvalue weighted by Gasteiger charge is -2.13. The molecule has 2 heterocycles. The van der Waals surface area contributed by atoms with E-state index in [-0.39, 0.29) is 18.9 Å². The van der Waals surface area contributed by atoms with Gasteiger partial charge in [-0.1, -0.05) is 0 Å². The lowest BCUT2D eigenvalue weighted by molar-refractivity contribution is 0.328. The highest BCUT2D eigenvalue weighted by Crippen LogP contribution is 2.23. The Morgan fingerprint density at radius 2 is 1.86 bits per heavy atom. The zero-order valence-electron chi connectivity index (χ0n) is 15.3. The number of pyridine rings is 1. The SMILES string of the molecule is Cc1cc(Nc2cc(C)c(C#N)c(NCCOc3cc(F)cc(F)c3)n2)n[nH]1. The van der Waals surface area contributed by atoms with E-state index in [1.165, 1.54) is 0 Å². The number of benzene rings is 1. The molecular weight excluding hydrogens is 366 g/mol. The van der Waals surface area contributed by atoms with Crippen LogP contribution in [0, 0.1) is 36.8 Å². The van der Waals surface area contributed by atoms with Gasteiger partial charge in [-0.05, 0) is 25.5 Å². The van der Waals surface area contributed by atoms with Gasteiger partial charge in [-0.2, -0.15) is 10.4 Å². The van der Waals surface area contributed by atoms with Crippen LogP contribution in [0.1, 0.15) is 16.8 Å². The van der Waals surface area contributed by atoms with Crippen molar-refractivity contribution in [3.63, 3.8) is 0 Å². The van der Waals surface area contributed by atoms with Gasteiger partial charge in [0.25, 0.3) is 0 Å². The van der Waals surface area contributed by atoms with Crippen molar-refractivity contribution in [1.82, 2.24) is 15.2 Å². The van der Waals surface area contributed by atoms with Crippen LogP contribution in [0.15, 0.2) is 30.3 Å². The van der Waals surface area contributed by atoms with E-state index in [0.29, 0.717) is 23.0 Å². The summed E-state index contributed by atoms with van der Waals surface area (Å²) < 4.78 is 31.7. The fraction of sp³-hybridized carbons (Fsp3) is 0.211. The second-order valence-corrected chi connectivity index (χ2v) is 6.10. The lowest BCUT2D eigenvalue weighted by atomic mass is 10.1. The number of nitrogens with one attached hydrogen (secondary N) is 3. The first kappa shape index (κ1) is 19.1. The van der Waals surface area contributed by atoms with Crippen LogP contribution in [0.2, 0.25) is 0 Å². The van der Waals surface area contributed by atoms with Gasteiger partial charge in [0.2, 0.25) is 0 Å². The van der Waals surface area contributed by atoms with Gasteiger partial charge in [-0.3, -0.25) is 5.10 Å². The minimum atomic E-state index is -0.709. The summed E-state index contributed by atoms with van der Waals surface area (Å²) >= 11 is 0. The van der Waals surface area contributed by atoms with Crippen molar-refractivity contribution in [2.75, 3.05) is 23.8 Å². The summed E-state index contributed by atoms with van der Waals surface area (Å²) in [6.07, 6.45) is 0. The summed E-state index contributed by atoms with van der Waals surface area (Å²) in [7, 11) is 0. The number of H-pyrrole nitrogens is 1. The molecule has 9 heteroatoms. The lowest BCUT2D eigenvalue weighted by Crippen LogP contribution is -2.14. The number of hydrogen-bond donors (Lipinski definition) is 3. The maximum atomic E-state index is 13.2. The Balaban J connectivity index is 1.67. The predicted octanol–water partition coefficient (Wildman–Crippen LogP) is 3.81. The average Bonchev–Trinajstić information content (AvgIpc) is 3.02. The molecule has 0 saturated heterocycles. The molecule has 3 N–H and O–H groups in total. The third-order valence-electron chi connectivity index (χ3n) is 3.79. The zero-order chi connectivity index (χ0) is 20.1. The van der Waals surface area contributed by atoms with E-state index in [2.05, 4.69) is 31.9 Å². The van der Waals surface area contributed by atoms with E-state index in [0.717, 1.165) is 29.5 Å². The molecule has 0 aliphatic carbocycles. The second kappa shape index (κ2) is 8.35. The summed E-state index contributed by atoms with van der Waals surface area (Å²) in [5.41, 5.74) is 2.04. The molecule has 1 aromatic carbocycles. The summed E-state index contributed by atoms with van der Waals surface area (Å²) in [6, 6.07) is 8.67. The van der Waals surface area contributed by atoms with Crippen LogP contribution in [0.4, 0.5) is 26.2 Å². The molecule has 2 aromatic heterocycles. The number of halogens is 2. The first-order valence-electron chi connectivity index (χ1n) is 8.48. The van der Waals surface area contributed by atoms with Crippen molar-refractivity contribution < 1.29 is 13.5 Å².